The molecule has 2 aliphatic rings. The standard InChI is InChI=1S/C58H103N15O14S3/c1-12-31(7)43(69-47(76)35(59)17-14-21-62-58(60)61)53(82)68-40(28-89)50(79)71-45(34(10)74)54(83)63-33(9)46(75)70-44(32(8)13-2)56(85)73-23-16-19-42(73)52(81)65-37(25-29(3)4)55(84)72-22-15-18-41(72)51(80)64-36(20-24-90-11)48(77)67-39(27-88)49(78)66-38(57(86)87)26-30(5)6/h29-45,74,88-89H,12-28,59H2,1-11H3,(H,63,83)(H,64,80)(H,65,81)(H,66,78)(H,67,77)(H,68,82)(H,69,76)(H,70,75)(H,71,79)(H,86,87)(H4,60,61,62)/t31-,32-,33-,34+,35-,36-,37-,38-,39-,40-,41-,42-,43-,44-,45-/m0/s1. The number of carbonyl (C=O) groups excluding carboxylic acids is 11. The zero-order valence-electron chi connectivity index (χ0n) is 54.0. The van der Waals surface area contributed by atoms with E-state index in [2.05, 4.69) is 78.1 Å². The third-order valence-corrected chi connectivity index (χ3v) is 17.3. The second-order valence-corrected chi connectivity index (χ2v) is 25.9. The van der Waals surface area contributed by atoms with Gasteiger partial charge in [0.2, 0.25) is 65.0 Å². The molecule has 0 spiro atoms. The summed E-state index contributed by atoms with van der Waals surface area (Å²) >= 11 is 9.88. The second-order valence-electron chi connectivity index (χ2n) is 24.2. The van der Waals surface area contributed by atoms with Gasteiger partial charge in [0, 0.05) is 31.1 Å². The van der Waals surface area contributed by atoms with Crippen LogP contribution in [0.1, 0.15) is 140 Å². The number of rotatable bonds is 39. The Morgan fingerprint density at radius 1 is 0.556 bits per heavy atom. The van der Waals surface area contributed by atoms with E-state index in [1.165, 1.54) is 35.4 Å². The van der Waals surface area contributed by atoms with Crippen LogP contribution in [0.5, 0.6) is 0 Å². The summed E-state index contributed by atoms with van der Waals surface area (Å²) in [5.41, 5.74) is 16.8. The molecule has 0 aromatic rings. The number of nitrogens with two attached hydrogens (primary N) is 3. The SMILES string of the molecule is CC[C@H](C)[C@H](NC(=O)[C@@H](N)CCCN=C(N)N)C(=O)N[C@@H](CS)C(=O)N[C@H](C(=O)N[C@@H](C)C(=O)N[C@H](C(=O)N1CCC[C@H]1C(=O)N[C@@H](CC(C)C)C(=O)N1CCC[C@H]1C(=O)N[C@@H](CCSC)C(=O)N[C@@H](CS)C(=O)N[C@@H](CC(C)C)C(=O)O)[C@@H](C)CC)[C@@H](C)O. The van der Waals surface area contributed by atoms with Crippen molar-refractivity contribution in [3.8, 4) is 0 Å². The number of likely N-dealkylation sites (tertiary alicyclic amines) is 2. The van der Waals surface area contributed by atoms with Crippen molar-refractivity contribution < 1.29 is 67.7 Å². The molecule has 512 valence electrons. The zero-order valence-corrected chi connectivity index (χ0v) is 56.6. The Labute approximate surface area is 544 Å². The van der Waals surface area contributed by atoms with E-state index in [0.29, 0.717) is 37.9 Å². The van der Waals surface area contributed by atoms with E-state index in [9.17, 15) is 67.7 Å². The van der Waals surface area contributed by atoms with E-state index in [4.69, 9.17) is 17.2 Å². The molecule has 2 fully saturated rings. The lowest BCUT2D eigenvalue weighted by Crippen LogP contribution is -2.62. The average molecular weight is 1330 g/mol. The molecular weight excluding hydrogens is 1230 g/mol. The Bertz CT molecular complexity index is 2480. The average Bonchev–Trinajstić information content (AvgIpc) is 1.68. The van der Waals surface area contributed by atoms with Crippen molar-refractivity contribution in [3.05, 3.63) is 0 Å². The van der Waals surface area contributed by atoms with E-state index in [0.717, 1.165) is 0 Å². The highest BCUT2D eigenvalue weighted by atomic mass is 32.2. The molecule has 15 atom stereocenters. The highest BCUT2D eigenvalue weighted by Gasteiger charge is 2.44. The predicted molar refractivity (Wildman–Crippen MR) is 348 cm³/mol. The van der Waals surface area contributed by atoms with Gasteiger partial charge in [0.15, 0.2) is 5.96 Å². The first-order valence-electron chi connectivity index (χ1n) is 31.1. The number of thiol groups is 2. The van der Waals surface area contributed by atoms with Gasteiger partial charge in [0.25, 0.3) is 0 Å². The molecular formula is C58H103N15O14S3. The highest BCUT2D eigenvalue weighted by Crippen LogP contribution is 2.25. The van der Waals surface area contributed by atoms with Gasteiger partial charge in [-0.1, -0.05) is 68.2 Å². The van der Waals surface area contributed by atoms with E-state index in [1.807, 2.05) is 20.1 Å². The van der Waals surface area contributed by atoms with E-state index < -0.39 is 161 Å². The van der Waals surface area contributed by atoms with Crippen LogP contribution in [-0.2, 0) is 57.5 Å². The number of aliphatic carboxylic acids is 1. The third kappa shape index (κ3) is 25.5. The lowest BCUT2D eigenvalue weighted by molar-refractivity contribution is -0.145. The summed E-state index contributed by atoms with van der Waals surface area (Å²) in [6, 6.07) is -14.6. The fraction of sp³-hybridized carbons (Fsp3) is 0.776. The molecule has 0 aromatic heterocycles. The maximum atomic E-state index is 14.6. The lowest BCUT2D eigenvalue weighted by atomic mass is 9.96. The summed E-state index contributed by atoms with van der Waals surface area (Å²) < 4.78 is 0. The number of thioether (sulfide) groups is 1. The van der Waals surface area contributed by atoms with Gasteiger partial charge in [-0.05, 0) is 107 Å². The smallest absolute Gasteiger partial charge is 0.326 e. The van der Waals surface area contributed by atoms with Crippen molar-refractivity contribution >= 4 is 114 Å². The van der Waals surface area contributed by atoms with Gasteiger partial charge in [-0.25, -0.2) is 4.79 Å². The highest BCUT2D eigenvalue weighted by molar-refractivity contribution is 7.98. The van der Waals surface area contributed by atoms with Crippen LogP contribution in [0.4, 0.5) is 0 Å². The largest absolute Gasteiger partial charge is 0.480 e. The number of nitrogens with zero attached hydrogens (tertiary/aromatic N) is 3. The van der Waals surface area contributed by atoms with Crippen molar-refractivity contribution in [2.24, 2.45) is 45.9 Å². The molecule has 0 aromatic carbocycles. The number of hydrogen-bond donors (Lipinski definition) is 16. The third-order valence-electron chi connectivity index (χ3n) is 15.9. The zero-order chi connectivity index (χ0) is 68.3. The van der Waals surface area contributed by atoms with Crippen molar-refractivity contribution in [1.29, 1.82) is 0 Å². The number of carbonyl (C=O) groups is 12. The van der Waals surface area contributed by atoms with Crippen molar-refractivity contribution in [3.63, 3.8) is 0 Å². The molecule has 17 N–H and O–H groups in total. The van der Waals surface area contributed by atoms with Crippen LogP contribution in [0.15, 0.2) is 4.99 Å². The minimum atomic E-state index is -1.66. The first kappa shape index (κ1) is 80.0. The van der Waals surface area contributed by atoms with Crippen LogP contribution in [0.3, 0.4) is 0 Å². The summed E-state index contributed by atoms with van der Waals surface area (Å²) in [4.78, 5) is 171. The number of aliphatic imine (C=N–C) groups is 1. The number of aliphatic hydroxyl groups is 1. The summed E-state index contributed by atoms with van der Waals surface area (Å²) in [5.74, 6) is -10.5. The van der Waals surface area contributed by atoms with Gasteiger partial charge < -0.3 is 85.1 Å². The summed E-state index contributed by atoms with van der Waals surface area (Å²) in [6.07, 6.45) is 3.44. The molecule has 2 heterocycles. The number of carboxylic acid groups (broad SMARTS) is 1. The van der Waals surface area contributed by atoms with Gasteiger partial charge in [0.05, 0.1) is 12.1 Å². The molecule has 0 aliphatic carbocycles. The topological polar surface area (TPSA) is 450 Å². The minimum absolute atomic E-state index is 0.0574. The Kier molecular flexibility index (Phi) is 35.5. The molecule has 0 saturated carbocycles. The lowest BCUT2D eigenvalue weighted by Gasteiger charge is -2.34. The molecule has 29 nitrogen and oxygen atoms in total. The molecule has 0 bridgehead atoms. The van der Waals surface area contributed by atoms with Crippen molar-refractivity contribution in [1.82, 2.24) is 57.7 Å². The molecule has 2 rings (SSSR count). The number of carboxylic acids is 1. The number of hydrogen-bond acceptors (Lipinski definition) is 18. The Morgan fingerprint density at radius 3 is 1.49 bits per heavy atom. The molecule has 32 heteroatoms. The number of amides is 11. The Morgan fingerprint density at radius 2 is 1.00 bits per heavy atom. The van der Waals surface area contributed by atoms with Crippen LogP contribution in [0.2, 0.25) is 0 Å². The van der Waals surface area contributed by atoms with Gasteiger partial charge in [0.1, 0.15) is 66.5 Å². The Balaban J connectivity index is 2.24. The van der Waals surface area contributed by atoms with Crippen LogP contribution >= 0.6 is 37.0 Å². The maximum absolute atomic E-state index is 14.6. The predicted octanol–water partition coefficient (Wildman–Crippen LogP) is -2.01. The van der Waals surface area contributed by atoms with Gasteiger partial charge in [-0.2, -0.15) is 37.0 Å². The van der Waals surface area contributed by atoms with E-state index in [-0.39, 0.29) is 87.5 Å². The second kappa shape index (κ2) is 40.0. The van der Waals surface area contributed by atoms with Crippen molar-refractivity contribution in [2.45, 2.75) is 218 Å². The number of guanidine groups is 1. The van der Waals surface area contributed by atoms with Crippen LogP contribution < -0.4 is 65.1 Å². The molecule has 0 radical (unpaired) electrons. The van der Waals surface area contributed by atoms with Crippen LogP contribution in [-0.4, -0.2) is 219 Å². The molecule has 2 aliphatic heterocycles. The van der Waals surface area contributed by atoms with E-state index >= 15 is 0 Å². The molecule has 11 amide bonds. The number of nitrogens with one attached hydrogen (secondary N) is 9. The summed E-state index contributed by atoms with van der Waals surface area (Å²) in [5, 5.41) is 43.9. The van der Waals surface area contributed by atoms with Gasteiger partial charge >= 0.3 is 5.97 Å². The first-order valence-corrected chi connectivity index (χ1v) is 33.7. The fourth-order valence-corrected chi connectivity index (χ4v) is 11.2. The van der Waals surface area contributed by atoms with Crippen molar-refractivity contribution in [2.75, 3.05) is 43.1 Å². The van der Waals surface area contributed by atoms with Crippen LogP contribution in [0.25, 0.3) is 0 Å². The molecule has 2 saturated heterocycles. The molecule has 90 heavy (non-hydrogen) atoms. The summed E-state index contributed by atoms with van der Waals surface area (Å²) in [7, 11) is 0. The number of aliphatic hydroxyl groups excluding tert-OH is 1. The monoisotopic (exact) mass is 1330 g/mol. The normalized spacial score (nSPS) is 19.1. The fourth-order valence-electron chi connectivity index (χ4n) is 10.2. The van der Waals surface area contributed by atoms with Gasteiger partial charge in [-0.3, -0.25) is 57.7 Å². The molecule has 0 unspecified atom stereocenters. The van der Waals surface area contributed by atoms with Crippen LogP contribution in [0, 0.1) is 23.7 Å². The quantitative estimate of drug-likeness (QED) is 0.0137. The first-order chi connectivity index (χ1) is 42.3. The minimum Gasteiger partial charge on any atom is -0.480 e. The van der Waals surface area contributed by atoms with Gasteiger partial charge in [-0.15, -0.1) is 0 Å². The maximum Gasteiger partial charge on any atom is 0.326 e. The van der Waals surface area contributed by atoms with E-state index in [1.54, 1.807) is 41.5 Å². The summed E-state index contributed by atoms with van der Waals surface area (Å²) in [6.45, 7) is 17.4. The Hall–Kier alpha value is -6.12.